The molecule has 0 fully saturated rings. The molecule has 2 rings (SSSR count). The van der Waals surface area contributed by atoms with Crippen LogP contribution in [-0.4, -0.2) is 15.2 Å². The lowest BCUT2D eigenvalue weighted by Crippen LogP contribution is -1.97. The van der Waals surface area contributed by atoms with Crippen LogP contribution in [0.5, 0.6) is 0 Å². The average Bonchev–Trinajstić information content (AvgIpc) is 2.72. The highest BCUT2D eigenvalue weighted by molar-refractivity contribution is 6.31. The van der Waals surface area contributed by atoms with Crippen molar-refractivity contribution in [2.45, 2.75) is 19.4 Å². The molecular formula is C11H10ClFN2O2. The third-order valence-corrected chi connectivity index (χ3v) is 2.59. The summed E-state index contributed by atoms with van der Waals surface area (Å²) < 4.78 is 18.3. The van der Waals surface area contributed by atoms with Gasteiger partial charge in [0, 0.05) is 17.0 Å². The van der Waals surface area contributed by atoms with Crippen molar-refractivity contribution >= 4 is 11.6 Å². The fraction of sp³-hybridized carbons (Fsp3) is 0.273. The van der Waals surface area contributed by atoms with E-state index in [0.717, 1.165) is 0 Å². The van der Waals surface area contributed by atoms with Gasteiger partial charge in [-0.3, -0.25) is 0 Å². The van der Waals surface area contributed by atoms with E-state index in [-0.39, 0.29) is 18.1 Å². The Morgan fingerprint density at radius 3 is 2.88 bits per heavy atom. The monoisotopic (exact) mass is 256 g/mol. The maximum atomic E-state index is 13.5. The number of halogens is 2. The minimum Gasteiger partial charge on any atom is -0.384 e. The smallest absolute Gasteiger partial charge is 0.255 e. The molecule has 0 aliphatic rings. The zero-order valence-corrected chi connectivity index (χ0v) is 9.78. The molecule has 1 unspecified atom stereocenters. The number of hydrogen-bond acceptors (Lipinski definition) is 4. The van der Waals surface area contributed by atoms with Crippen molar-refractivity contribution in [1.29, 1.82) is 0 Å². The first-order valence-electron chi connectivity index (χ1n) is 5.01. The van der Waals surface area contributed by atoms with Gasteiger partial charge in [-0.25, -0.2) is 4.39 Å². The van der Waals surface area contributed by atoms with E-state index in [4.69, 9.17) is 16.1 Å². The topological polar surface area (TPSA) is 59.2 Å². The van der Waals surface area contributed by atoms with Crippen LogP contribution in [0.25, 0.3) is 0 Å². The molecule has 0 aliphatic heterocycles. The molecule has 0 saturated heterocycles. The normalized spacial score (nSPS) is 12.7. The Morgan fingerprint density at radius 2 is 2.29 bits per heavy atom. The van der Waals surface area contributed by atoms with E-state index in [0.29, 0.717) is 10.6 Å². The number of hydrogen-bond donors (Lipinski definition) is 1. The highest BCUT2D eigenvalue weighted by Crippen LogP contribution is 2.21. The summed E-state index contributed by atoms with van der Waals surface area (Å²) in [6.45, 7) is 1.51. The fourth-order valence-electron chi connectivity index (χ4n) is 1.37. The molecule has 17 heavy (non-hydrogen) atoms. The van der Waals surface area contributed by atoms with Crippen LogP contribution in [0.2, 0.25) is 5.02 Å². The van der Waals surface area contributed by atoms with E-state index in [1.165, 1.54) is 19.1 Å². The number of aromatic nitrogens is 2. The number of aliphatic hydroxyl groups excluding tert-OH is 1. The van der Waals surface area contributed by atoms with Gasteiger partial charge in [0.25, 0.3) is 5.89 Å². The van der Waals surface area contributed by atoms with E-state index in [2.05, 4.69) is 10.1 Å². The van der Waals surface area contributed by atoms with Gasteiger partial charge in [0.1, 0.15) is 11.9 Å². The zero-order chi connectivity index (χ0) is 12.4. The summed E-state index contributed by atoms with van der Waals surface area (Å²) >= 11 is 5.87. The number of rotatable bonds is 3. The summed E-state index contributed by atoms with van der Waals surface area (Å²) in [5.74, 6) is -0.0266. The van der Waals surface area contributed by atoms with Crippen molar-refractivity contribution in [3.05, 3.63) is 46.3 Å². The van der Waals surface area contributed by atoms with Crippen LogP contribution in [0.1, 0.15) is 30.3 Å². The van der Waals surface area contributed by atoms with Gasteiger partial charge in [0.05, 0.1) is 0 Å². The summed E-state index contributed by atoms with van der Waals surface area (Å²) in [5, 5.41) is 13.2. The summed E-state index contributed by atoms with van der Waals surface area (Å²) in [6.07, 6.45) is -0.714. The van der Waals surface area contributed by atoms with Crippen LogP contribution >= 0.6 is 11.6 Å². The van der Waals surface area contributed by atoms with Gasteiger partial charge in [-0.15, -0.1) is 0 Å². The van der Waals surface area contributed by atoms with Gasteiger partial charge < -0.3 is 9.63 Å². The summed E-state index contributed by atoms with van der Waals surface area (Å²) in [5.41, 5.74) is 0.312. The lowest BCUT2D eigenvalue weighted by Gasteiger charge is -2.01. The second-order valence-electron chi connectivity index (χ2n) is 3.60. The molecule has 2 aromatic rings. The summed E-state index contributed by atoms with van der Waals surface area (Å²) in [4.78, 5) is 3.93. The zero-order valence-electron chi connectivity index (χ0n) is 9.02. The quantitative estimate of drug-likeness (QED) is 0.917. The van der Waals surface area contributed by atoms with Crippen LogP contribution < -0.4 is 0 Å². The van der Waals surface area contributed by atoms with Gasteiger partial charge in [-0.2, -0.15) is 4.98 Å². The van der Waals surface area contributed by atoms with Crippen LogP contribution in [0.4, 0.5) is 4.39 Å². The standard InChI is InChI=1S/C11H10ClFN2O2/c1-6(16)11-14-10(15-17-11)5-7-8(12)3-2-4-9(7)13/h2-4,6,16H,5H2,1H3. The molecule has 0 spiro atoms. The molecule has 1 N–H and O–H groups in total. The highest BCUT2D eigenvalue weighted by atomic mass is 35.5. The van der Waals surface area contributed by atoms with Gasteiger partial charge >= 0.3 is 0 Å². The largest absolute Gasteiger partial charge is 0.384 e. The van der Waals surface area contributed by atoms with Gasteiger partial charge in [-0.1, -0.05) is 22.8 Å². The minimum absolute atomic E-state index is 0.104. The van der Waals surface area contributed by atoms with Crippen molar-refractivity contribution in [2.75, 3.05) is 0 Å². The van der Waals surface area contributed by atoms with E-state index in [1.807, 2.05) is 0 Å². The van der Waals surface area contributed by atoms with Gasteiger partial charge in [-0.05, 0) is 19.1 Å². The first-order valence-corrected chi connectivity index (χ1v) is 5.39. The highest BCUT2D eigenvalue weighted by Gasteiger charge is 2.14. The third kappa shape index (κ3) is 2.62. The lowest BCUT2D eigenvalue weighted by molar-refractivity contribution is 0.151. The molecule has 6 heteroatoms. The van der Waals surface area contributed by atoms with E-state index in [9.17, 15) is 9.50 Å². The number of aliphatic hydroxyl groups is 1. The maximum Gasteiger partial charge on any atom is 0.255 e. The molecule has 1 atom stereocenters. The molecular weight excluding hydrogens is 247 g/mol. The van der Waals surface area contributed by atoms with Crippen molar-refractivity contribution in [3.8, 4) is 0 Å². The second kappa shape index (κ2) is 4.81. The Hall–Kier alpha value is -1.46. The van der Waals surface area contributed by atoms with E-state index < -0.39 is 11.9 Å². The molecule has 0 bridgehead atoms. The molecule has 0 amide bonds. The van der Waals surface area contributed by atoms with Crippen LogP contribution in [0.3, 0.4) is 0 Å². The molecule has 90 valence electrons. The first-order chi connectivity index (χ1) is 8.08. The third-order valence-electron chi connectivity index (χ3n) is 2.24. The Balaban J connectivity index is 2.25. The SMILES string of the molecule is CC(O)c1nc(Cc2c(F)cccc2Cl)no1. The van der Waals surface area contributed by atoms with Crippen molar-refractivity contribution in [1.82, 2.24) is 10.1 Å². The van der Waals surface area contributed by atoms with Crippen LogP contribution in [0, 0.1) is 5.82 Å². The number of nitrogens with zero attached hydrogens (tertiary/aromatic N) is 2. The molecule has 4 nitrogen and oxygen atoms in total. The van der Waals surface area contributed by atoms with Crippen molar-refractivity contribution < 1.29 is 14.0 Å². The Bertz CT molecular complexity index is 508. The summed E-state index contributed by atoms with van der Waals surface area (Å²) in [6, 6.07) is 4.44. The number of benzene rings is 1. The molecule has 0 radical (unpaired) electrons. The fourth-order valence-corrected chi connectivity index (χ4v) is 1.60. The molecule has 0 aliphatic carbocycles. The van der Waals surface area contributed by atoms with Gasteiger partial charge in [0.2, 0.25) is 0 Å². The Kier molecular flexibility index (Phi) is 3.40. The van der Waals surface area contributed by atoms with Crippen LogP contribution in [-0.2, 0) is 6.42 Å². The molecule has 1 aromatic heterocycles. The second-order valence-corrected chi connectivity index (χ2v) is 4.01. The van der Waals surface area contributed by atoms with E-state index >= 15 is 0 Å². The first kappa shape index (κ1) is 12.0. The predicted molar refractivity (Wildman–Crippen MR) is 59.1 cm³/mol. The van der Waals surface area contributed by atoms with Crippen molar-refractivity contribution in [2.24, 2.45) is 0 Å². The molecule has 1 aromatic carbocycles. The Morgan fingerprint density at radius 1 is 1.53 bits per heavy atom. The molecule has 1 heterocycles. The minimum atomic E-state index is -0.840. The lowest BCUT2D eigenvalue weighted by atomic mass is 10.1. The van der Waals surface area contributed by atoms with E-state index in [1.54, 1.807) is 6.07 Å². The Labute approximate surface area is 102 Å². The average molecular weight is 257 g/mol. The molecule has 0 saturated carbocycles. The van der Waals surface area contributed by atoms with Crippen molar-refractivity contribution in [3.63, 3.8) is 0 Å². The maximum absolute atomic E-state index is 13.5. The van der Waals surface area contributed by atoms with Gasteiger partial charge in [0.15, 0.2) is 5.82 Å². The predicted octanol–water partition coefficient (Wildman–Crippen LogP) is 2.51. The summed E-state index contributed by atoms with van der Waals surface area (Å²) in [7, 11) is 0. The van der Waals surface area contributed by atoms with Crippen LogP contribution in [0.15, 0.2) is 22.7 Å².